The summed E-state index contributed by atoms with van der Waals surface area (Å²) in [4.78, 5) is 19.2. The molecule has 0 radical (unpaired) electrons. The molecule has 3 heterocycles. The van der Waals surface area contributed by atoms with Crippen molar-refractivity contribution < 1.29 is 0 Å². The fourth-order valence-electron chi connectivity index (χ4n) is 4.56. The summed E-state index contributed by atoms with van der Waals surface area (Å²) in [5.41, 5.74) is 0.644. The van der Waals surface area contributed by atoms with E-state index >= 15 is 0 Å². The zero-order chi connectivity index (χ0) is 17.3. The highest BCUT2D eigenvalue weighted by Gasteiger charge is 2.43. The number of nitrogens with zero attached hydrogens (tertiary/aromatic N) is 5. The van der Waals surface area contributed by atoms with Gasteiger partial charge in [0.05, 0.1) is 0 Å². The van der Waals surface area contributed by atoms with E-state index in [0.29, 0.717) is 12.0 Å². The van der Waals surface area contributed by atoms with Gasteiger partial charge in [0.2, 0.25) is 0 Å². The van der Waals surface area contributed by atoms with Gasteiger partial charge >= 0.3 is 5.69 Å². The van der Waals surface area contributed by atoms with Crippen molar-refractivity contribution in [2.24, 2.45) is 10.4 Å². The molecule has 2 aliphatic heterocycles. The molecule has 0 amide bonds. The van der Waals surface area contributed by atoms with Gasteiger partial charge in [0.25, 0.3) is 0 Å². The van der Waals surface area contributed by atoms with Gasteiger partial charge in [-0.15, -0.1) is 0 Å². The number of fused-ring (bicyclic) bond motifs is 1. The van der Waals surface area contributed by atoms with Gasteiger partial charge in [-0.05, 0) is 43.9 Å². The Morgan fingerprint density at radius 1 is 1.24 bits per heavy atom. The molecule has 1 saturated carbocycles. The highest BCUT2D eigenvalue weighted by Crippen LogP contribution is 2.47. The van der Waals surface area contributed by atoms with Crippen LogP contribution in [0.4, 0.5) is 0 Å². The van der Waals surface area contributed by atoms with Crippen LogP contribution in [0.25, 0.3) is 0 Å². The van der Waals surface area contributed by atoms with Gasteiger partial charge in [0, 0.05) is 46.2 Å². The van der Waals surface area contributed by atoms with Crippen molar-refractivity contribution in [1.29, 1.82) is 0 Å². The molecule has 7 nitrogen and oxygen atoms in total. The summed E-state index contributed by atoms with van der Waals surface area (Å²) in [5, 5.41) is 7.98. The van der Waals surface area contributed by atoms with E-state index < -0.39 is 0 Å². The monoisotopic (exact) mass is 346 g/mol. The lowest BCUT2D eigenvalue weighted by atomic mass is 9.68. The van der Waals surface area contributed by atoms with Gasteiger partial charge in [-0.25, -0.2) is 9.48 Å². The van der Waals surface area contributed by atoms with Crippen LogP contribution >= 0.6 is 0 Å². The lowest BCUT2D eigenvalue weighted by Crippen LogP contribution is -2.43. The normalized spacial score (nSPS) is 22.1. The van der Waals surface area contributed by atoms with Gasteiger partial charge in [-0.3, -0.25) is 9.56 Å². The number of aliphatic imine (C=N–C) groups is 1. The quantitative estimate of drug-likeness (QED) is 0.506. The molecule has 2 fully saturated rings. The number of nitrogens with one attached hydrogen (secondary N) is 1. The fraction of sp³-hybridized carbons (Fsp3) is 0.833. The first-order valence-corrected chi connectivity index (χ1v) is 9.83. The van der Waals surface area contributed by atoms with Crippen molar-refractivity contribution in [1.82, 2.24) is 24.6 Å². The first-order valence-electron chi connectivity index (χ1n) is 9.83. The minimum Gasteiger partial charge on any atom is -0.356 e. The van der Waals surface area contributed by atoms with E-state index in [1.165, 1.54) is 25.7 Å². The van der Waals surface area contributed by atoms with E-state index in [1.807, 2.05) is 11.6 Å². The summed E-state index contributed by atoms with van der Waals surface area (Å²) in [6.45, 7) is 4.60. The molecule has 1 N–H and O–H groups in total. The topological polar surface area (TPSA) is 67.5 Å². The SMILES string of the molecule is CN=C(NCCCn1nc2n(c1=O)CCCC2)N1CCC2(CCC2)C1. The molecule has 3 aliphatic rings. The van der Waals surface area contributed by atoms with E-state index in [2.05, 4.69) is 20.3 Å². The second-order valence-corrected chi connectivity index (χ2v) is 7.88. The smallest absolute Gasteiger partial charge is 0.345 e. The molecule has 1 saturated heterocycles. The number of guanidine groups is 1. The Morgan fingerprint density at radius 2 is 2.12 bits per heavy atom. The van der Waals surface area contributed by atoms with E-state index in [4.69, 9.17) is 0 Å². The summed E-state index contributed by atoms with van der Waals surface area (Å²) >= 11 is 0. The second-order valence-electron chi connectivity index (χ2n) is 7.88. The zero-order valence-corrected chi connectivity index (χ0v) is 15.3. The van der Waals surface area contributed by atoms with Crippen molar-refractivity contribution >= 4 is 5.96 Å². The van der Waals surface area contributed by atoms with Crippen molar-refractivity contribution in [2.75, 3.05) is 26.7 Å². The minimum absolute atomic E-state index is 0.0607. The summed E-state index contributed by atoms with van der Waals surface area (Å²) in [6, 6.07) is 0. The van der Waals surface area contributed by atoms with Crippen LogP contribution in [-0.4, -0.2) is 51.9 Å². The third-order valence-electron chi connectivity index (χ3n) is 6.23. The molecule has 138 valence electrons. The second kappa shape index (κ2) is 6.84. The lowest BCUT2D eigenvalue weighted by molar-refractivity contribution is 0.151. The summed E-state index contributed by atoms with van der Waals surface area (Å²) in [6.07, 6.45) is 9.52. The molecular weight excluding hydrogens is 316 g/mol. The molecule has 0 atom stereocenters. The summed E-state index contributed by atoms with van der Waals surface area (Å²) in [7, 11) is 1.86. The molecule has 0 aromatic carbocycles. The van der Waals surface area contributed by atoms with Crippen molar-refractivity contribution in [3.63, 3.8) is 0 Å². The van der Waals surface area contributed by atoms with Crippen molar-refractivity contribution in [2.45, 2.75) is 64.5 Å². The fourth-order valence-corrected chi connectivity index (χ4v) is 4.56. The predicted molar refractivity (Wildman–Crippen MR) is 97.9 cm³/mol. The first-order chi connectivity index (χ1) is 12.2. The maximum atomic E-state index is 12.3. The Bertz CT molecular complexity index is 699. The molecule has 1 aliphatic carbocycles. The van der Waals surface area contributed by atoms with Crippen LogP contribution in [0.5, 0.6) is 0 Å². The van der Waals surface area contributed by atoms with Crippen LogP contribution in [0.2, 0.25) is 0 Å². The number of aryl methyl sites for hydroxylation is 2. The Balaban J connectivity index is 1.26. The summed E-state index contributed by atoms with van der Waals surface area (Å²) in [5.74, 6) is 1.98. The van der Waals surface area contributed by atoms with E-state index in [-0.39, 0.29) is 5.69 Å². The van der Waals surface area contributed by atoms with Gasteiger partial charge in [-0.1, -0.05) is 6.42 Å². The van der Waals surface area contributed by atoms with Crippen LogP contribution in [0.15, 0.2) is 9.79 Å². The van der Waals surface area contributed by atoms with E-state index in [1.54, 1.807) is 4.68 Å². The predicted octanol–water partition coefficient (Wildman–Crippen LogP) is 1.22. The molecule has 0 bridgehead atoms. The molecule has 25 heavy (non-hydrogen) atoms. The highest BCUT2D eigenvalue weighted by molar-refractivity contribution is 5.80. The van der Waals surface area contributed by atoms with Crippen LogP contribution in [0.1, 0.15) is 50.8 Å². The average molecular weight is 346 g/mol. The molecule has 0 unspecified atom stereocenters. The number of hydrogen-bond donors (Lipinski definition) is 1. The highest BCUT2D eigenvalue weighted by atomic mass is 16.2. The van der Waals surface area contributed by atoms with Gasteiger partial charge in [-0.2, -0.15) is 5.10 Å². The Labute approximate surface area is 149 Å². The Morgan fingerprint density at radius 3 is 2.80 bits per heavy atom. The maximum absolute atomic E-state index is 12.3. The Hall–Kier alpha value is -1.79. The average Bonchev–Trinajstić information content (AvgIpc) is 3.18. The minimum atomic E-state index is 0.0607. The Kier molecular flexibility index (Phi) is 4.56. The van der Waals surface area contributed by atoms with Crippen molar-refractivity contribution in [3.8, 4) is 0 Å². The molecular formula is C18H30N6O. The van der Waals surface area contributed by atoms with E-state index in [0.717, 1.165) is 63.6 Å². The molecule has 7 heteroatoms. The molecule has 1 aromatic heterocycles. The number of hydrogen-bond acceptors (Lipinski definition) is 3. The van der Waals surface area contributed by atoms with Crippen LogP contribution < -0.4 is 11.0 Å². The number of likely N-dealkylation sites (tertiary alicyclic amines) is 1. The lowest BCUT2D eigenvalue weighted by Gasteiger charge is -2.38. The van der Waals surface area contributed by atoms with Gasteiger partial charge in [0.15, 0.2) is 5.96 Å². The molecule has 1 aromatic rings. The largest absolute Gasteiger partial charge is 0.356 e. The number of aromatic nitrogens is 3. The standard InChI is InChI=1S/C18H30N6O/c1-19-16(22-13-9-18(14-22)7-4-8-18)20-10-5-12-24-17(25)23-11-3-2-6-15(23)21-24/h2-14H2,1H3,(H,19,20). The van der Waals surface area contributed by atoms with Gasteiger partial charge < -0.3 is 10.2 Å². The zero-order valence-electron chi connectivity index (χ0n) is 15.3. The molecule has 4 rings (SSSR count). The maximum Gasteiger partial charge on any atom is 0.345 e. The van der Waals surface area contributed by atoms with Crippen molar-refractivity contribution in [3.05, 3.63) is 16.3 Å². The number of rotatable bonds is 4. The van der Waals surface area contributed by atoms with E-state index in [9.17, 15) is 4.79 Å². The van der Waals surface area contributed by atoms with Crippen LogP contribution in [-0.2, 0) is 19.5 Å². The summed E-state index contributed by atoms with van der Waals surface area (Å²) < 4.78 is 3.49. The third kappa shape index (κ3) is 3.20. The van der Waals surface area contributed by atoms with Crippen LogP contribution in [0, 0.1) is 5.41 Å². The first kappa shape index (κ1) is 16.7. The van der Waals surface area contributed by atoms with Gasteiger partial charge in [0.1, 0.15) is 5.82 Å². The third-order valence-corrected chi connectivity index (χ3v) is 6.23. The van der Waals surface area contributed by atoms with Crippen LogP contribution in [0.3, 0.4) is 0 Å². The molecule has 1 spiro atoms.